The summed E-state index contributed by atoms with van der Waals surface area (Å²) in [7, 11) is 0. The number of aromatic nitrogens is 1. The summed E-state index contributed by atoms with van der Waals surface area (Å²) in [6.45, 7) is 4.72. The monoisotopic (exact) mass is 768 g/mol. The Morgan fingerprint density at radius 1 is 0.467 bits per heavy atom. The molecule has 9 aromatic rings. The number of hydrogen-bond donors (Lipinski definition) is 0. The molecule has 0 spiro atoms. The molecule has 0 bridgehead atoms. The van der Waals surface area contributed by atoms with E-state index in [9.17, 15) is 0 Å². The third kappa shape index (κ3) is 4.88. The molecule has 1 atom stereocenters. The number of benzene rings is 8. The molecule has 2 nitrogen and oxygen atoms in total. The van der Waals surface area contributed by atoms with E-state index in [0.717, 1.165) is 12.1 Å². The second-order valence-corrected chi connectivity index (χ2v) is 17.2. The molecule has 1 aromatic heterocycles. The SMILES string of the molecule is CC1(C)c2ccccc2-c2cc(N(c3ccc4c(c3)c3cc(C5(c6ccccc6)c6ccccc6-c6ccccc65)ccc3n4-c3ccccc3)C3C=CC=CC3)ccc21. The lowest BCUT2D eigenvalue weighted by Crippen LogP contribution is -2.30. The number of hydrogen-bond acceptors (Lipinski definition) is 1. The highest BCUT2D eigenvalue weighted by molar-refractivity contribution is 6.11. The van der Waals surface area contributed by atoms with Crippen molar-refractivity contribution in [2.75, 3.05) is 4.90 Å². The van der Waals surface area contributed by atoms with Crippen molar-refractivity contribution >= 4 is 33.2 Å². The lowest BCUT2D eigenvalue weighted by Gasteiger charge is -2.34. The number of nitrogens with zero attached hydrogens (tertiary/aromatic N) is 2. The van der Waals surface area contributed by atoms with Crippen LogP contribution in [-0.4, -0.2) is 10.6 Å². The third-order valence-corrected chi connectivity index (χ3v) is 13.8. The molecule has 0 saturated heterocycles. The van der Waals surface area contributed by atoms with Crippen molar-refractivity contribution in [3.05, 3.63) is 246 Å². The van der Waals surface area contributed by atoms with Gasteiger partial charge in [0.05, 0.1) is 22.5 Å². The molecule has 0 fully saturated rings. The summed E-state index contributed by atoms with van der Waals surface area (Å²) in [6.07, 6.45) is 9.98. The molecule has 286 valence electrons. The van der Waals surface area contributed by atoms with Gasteiger partial charge in [0.2, 0.25) is 0 Å². The van der Waals surface area contributed by atoms with E-state index in [2.05, 4.69) is 236 Å². The van der Waals surface area contributed by atoms with Crippen LogP contribution >= 0.6 is 0 Å². The summed E-state index contributed by atoms with van der Waals surface area (Å²) < 4.78 is 2.45. The first-order valence-electron chi connectivity index (χ1n) is 21.3. The summed E-state index contributed by atoms with van der Waals surface area (Å²) in [5.74, 6) is 0. The minimum absolute atomic E-state index is 0.0455. The predicted molar refractivity (Wildman–Crippen MR) is 251 cm³/mol. The molecule has 1 heterocycles. The molecule has 2 heteroatoms. The molecule has 1 unspecified atom stereocenters. The second kappa shape index (κ2) is 13.2. The van der Waals surface area contributed by atoms with Gasteiger partial charge in [-0.15, -0.1) is 0 Å². The normalized spacial score (nSPS) is 16.4. The molecule has 3 aliphatic rings. The molecule has 0 amide bonds. The molecule has 0 radical (unpaired) electrons. The number of allylic oxidation sites excluding steroid dienone is 2. The number of anilines is 2. The average Bonchev–Trinajstić information content (AvgIpc) is 3.88. The lowest BCUT2D eigenvalue weighted by atomic mass is 9.67. The van der Waals surface area contributed by atoms with Crippen LogP contribution in [0, 0.1) is 0 Å². The largest absolute Gasteiger partial charge is 0.334 e. The smallest absolute Gasteiger partial charge is 0.0713 e. The minimum atomic E-state index is -0.485. The van der Waals surface area contributed by atoms with Crippen LogP contribution in [0.3, 0.4) is 0 Å². The van der Waals surface area contributed by atoms with E-state index in [1.165, 1.54) is 88.8 Å². The Hall–Kier alpha value is -7.16. The first-order chi connectivity index (χ1) is 29.5. The van der Waals surface area contributed by atoms with E-state index in [1.54, 1.807) is 0 Å². The molecular weight excluding hydrogens is 725 g/mol. The van der Waals surface area contributed by atoms with E-state index < -0.39 is 5.41 Å². The molecule has 0 saturated carbocycles. The van der Waals surface area contributed by atoms with Crippen molar-refractivity contribution in [3.8, 4) is 27.9 Å². The minimum Gasteiger partial charge on any atom is -0.334 e. The quantitative estimate of drug-likeness (QED) is 0.164. The summed E-state index contributed by atoms with van der Waals surface area (Å²) in [5.41, 5.74) is 18.7. The van der Waals surface area contributed by atoms with Crippen LogP contribution in [0.1, 0.15) is 53.6 Å². The highest BCUT2D eigenvalue weighted by Crippen LogP contribution is 2.57. The van der Waals surface area contributed by atoms with E-state index in [4.69, 9.17) is 0 Å². The Labute approximate surface area is 352 Å². The first kappa shape index (κ1) is 34.8. The van der Waals surface area contributed by atoms with Gasteiger partial charge >= 0.3 is 0 Å². The number of rotatable bonds is 6. The van der Waals surface area contributed by atoms with Gasteiger partial charge in [-0.3, -0.25) is 0 Å². The maximum atomic E-state index is 2.57. The van der Waals surface area contributed by atoms with Crippen molar-refractivity contribution in [2.45, 2.75) is 37.1 Å². The Morgan fingerprint density at radius 2 is 1.02 bits per heavy atom. The van der Waals surface area contributed by atoms with Crippen LogP contribution in [-0.2, 0) is 10.8 Å². The summed E-state index contributed by atoms with van der Waals surface area (Å²) >= 11 is 0. The fraction of sp³-hybridized carbons (Fsp3) is 0.103. The van der Waals surface area contributed by atoms with Crippen LogP contribution in [0.25, 0.3) is 49.7 Å². The van der Waals surface area contributed by atoms with Crippen molar-refractivity contribution in [1.82, 2.24) is 4.57 Å². The zero-order valence-electron chi connectivity index (χ0n) is 33.9. The maximum Gasteiger partial charge on any atom is 0.0713 e. The van der Waals surface area contributed by atoms with Gasteiger partial charge in [0.15, 0.2) is 0 Å². The number of fused-ring (bicyclic) bond motifs is 9. The topological polar surface area (TPSA) is 8.17 Å². The molecule has 0 N–H and O–H groups in total. The van der Waals surface area contributed by atoms with Gasteiger partial charge in [0.25, 0.3) is 0 Å². The van der Waals surface area contributed by atoms with E-state index >= 15 is 0 Å². The van der Waals surface area contributed by atoms with E-state index in [0.29, 0.717) is 0 Å². The molecular formula is C58H44N2. The molecule has 0 aliphatic heterocycles. The van der Waals surface area contributed by atoms with Crippen molar-refractivity contribution in [1.29, 1.82) is 0 Å². The fourth-order valence-electron chi connectivity index (χ4n) is 11.1. The van der Waals surface area contributed by atoms with Gasteiger partial charge in [0.1, 0.15) is 0 Å². The van der Waals surface area contributed by atoms with Gasteiger partial charge in [0, 0.05) is 33.2 Å². The van der Waals surface area contributed by atoms with Crippen molar-refractivity contribution in [2.24, 2.45) is 0 Å². The van der Waals surface area contributed by atoms with Crippen molar-refractivity contribution < 1.29 is 0 Å². The predicted octanol–water partition coefficient (Wildman–Crippen LogP) is 14.5. The first-order valence-corrected chi connectivity index (χ1v) is 21.3. The third-order valence-electron chi connectivity index (χ3n) is 13.8. The van der Waals surface area contributed by atoms with E-state index in [1.807, 2.05) is 0 Å². The summed E-state index contributed by atoms with van der Waals surface area (Å²) in [5, 5.41) is 2.48. The molecule has 12 rings (SSSR count). The van der Waals surface area contributed by atoms with Crippen LogP contribution in [0.5, 0.6) is 0 Å². The van der Waals surface area contributed by atoms with Crippen molar-refractivity contribution in [3.63, 3.8) is 0 Å². The van der Waals surface area contributed by atoms with Gasteiger partial charge < -0.3 is 9.47 Å². The Morgan fingerprint density at radius 3 is 1.70 bits per heavy atom. The standard InChI is InChI=1S/C58H44N2/c1-57(2)51-27-15-12-26-47(51)48-37-43(31-33-52(48)57)59(41-20-8-4-9-21-41)44-32-35-56-50(38-44)49-36-40(30-34-55(49)60(56)42-22-10-5-11-23-42)58(39-18-6-3-7-19-39)53-28-16-13-24-45(53)46-25-14-17-29-54(46)58/h3-20,22-38,41H,21H2,1-2H3. The maximum absolute atomic E-state index is 2.57. The van der Waals surface area contributed by atoms with Crippen LogP contribution in [0.2, 0.25) is 0 Å². The van der Waals surface area contributed by atoms with Crippen LogP contribution in [0.15, 0.2) is 212 Å². The zero-order chi connectivity index (χ0) is 40.0. The summed E-state index contributed by atoms with van der Waals surface area (Å²) in [6, 6.07) is 70.8. The zero-order valence-corrected chi connectivity index (χ0v) is 33.9. The Bertz CT molecular complexity index is 3170. The van der Waals surface area contributed by atoms with Gasteiger partial charge in [-0.05, 0) is 117 Å². The summed E-state index contributed by atoms with van der Waals surface area (Å²) in [4.78, 5) is 2.57. The van der Waals surface area contributed by atoms with E-state index in [-0.39, 0.29) is 11.5 Å². The highest BCUT2D eigenvalue weighted by atomic mass is 15.2. The number of para-hydroxylation sites is 1. The molecule has 8 aromatic carbocycles. The second-order valence-electron chi connectivity index (χ2n) is 17.2. The van der Waals surface area contributed by atoms with Crippen LogP contribution < -0.4 is 4.90 Å². The van der Waals surface area contributed by atoms with Gasteiger partial charge in [-0.1, -0.05) is 172 Å². The average molecular weight is 769 g/mol. The Balaban J connectivity index is 1.12. The lowest BCUT2D eigenvalue weighted by molar-refractivity contribution is 0.660. The fourth-order valence-corrected chi connectivity index (χ4v) is 11.1. The molecule has 3 aliphatic carbocycles. The Kier molecular flexibility index (Phi) is 7.65. The van der Waals surface area contributed by atoms with Crippen LogP contribution in [0.4, 0.5) is 11.4 Å². The molecule has 60 heavy (non-hydrogen) atoms. The highest BCUT2D eigenvalue weighted by Gasteiger charge is 2.46. The van der Waals surface area contributed by atoms with Gasteiger partial charge in [-0.25, -0.2) is 0 Å². The van der Waals surface area contributed by atoms with Gasteiger partial charge in [-0.2, -0.15) is 0 Å².